The van der Waals surface area contributed by atoms with Crippen LogP contribution in [0.4, 0.5) is 0 Å². The van der Waals surface area contributed by atoms with Crippen molar-refractivity contribution in [2.24, 2.45) is 11.1 Å². The first-order valence-corrected chi connectivity index (χ1v) is 7.10. The summed E-state index contributed by atoms with van der Waals surface area (Å²) in [5.41, 5.74) is 7.25. The highest BCUT2D eigenvalue weighted by molar-refractivity contribution is 5.94. The Morgan fingerprint density at radius 1 is 1.29 bits per heavy atom. The predicted octanol–water partition coefficient (Wildman–Crippen LogP) is 1.08. The minimum absolute atomic E-state index is 0.115. The van der Waals surface area contributed by atoms with Crippen molar-refractivity contribution >= 4 is 11.8 Å². The molecule has 0 fully saturated rings. The van der Waals surface area contributed by atoms with Crippen LogP contribution >= 0.6 is 0 Å². The van der Waals surface area contributed by atoms with Gasteiger partial charge >= 0.3 is 0 Å². The summed E-state index contributed by atoms with van der Waals surface area (Å²) in [7, 11) is 1.60. The molecule has 116 valence electrons. The Balaban J connectivity index is 2.53. The summed E-state index contributed by atoms with van der Waals surface area (Å²) < 4.78 is 0. The van der Waals surface area contributed by atoms with E-state index in [4.69, 9.17) is 5.73 Å². The van der Waals surface area contributed by atoms with Crippen molar-refractivity contribution in [3.05, 3.63) is 35.4 Å². The van der Waals surface area contributed by atoms with Crippen LogP contribution in [-0.4, -0.2) is 31.4 Å². The van der Waals surface area contributed by atoms with Crippen molar-refractivity contribution in [3.8, 4) is 0 Å². The summed E-state index contributed by atoms with van der Waals surface area (Å²) in [5.74, 6) is -0.263. The van der Waals surface area contributed by atoms with Crippen molar-refractivity contribution in [1.29, 1.82) is 0 Å². The molecular weight excluding hydrogens is 266 g/mol. The number of benzene rings is 1. The monoisotopic (exact) mass is 291 g/mol. The van der Waals surface area contributed by atoms with Crippen LogP contribution in [0, 0.1) is 5.41 Å². The van der Waals surface area contributed by atoms with E-state index in [9.17, 15) is 9.59 Å². The molecule has 0 aliphatic rings. The molecule has 0 unspecified atom stereocenters. The molecular formula is C16H25N3O2. The third-order valence-electron chi connectivity index (χ3n) is 3.34. The lowest BCUT2D eigenvalue weighted by Crippen LogP contribution is -2.48. The largest absolute Gasteiger partial charge is 0.355 e. The van der Waals surface area contributed by atoms with Crippen LogP contribution in [-0.2, 0) is 11.2 Å². The van der Waals surface area contributed by atoms with Crippen molar-refractivity contribution < 1.29 is 9.59 Å². The lowest BCUT2D eigenvalue weighted by molar-refractivity contribution is -0.124. The van der Waals surface area contributed by atoms with Crippen LogP contribution in [0.2, 0.25) is 0 Å². The zero-order valence-corrected chi connectivity index (χ0v) is 13.2. The van der Waals surface area contributed by atoms with Gasteiger partial charge in [0.2, 0.25) is 5.91 Å². The molecule has 1 aromatic carbocycles. The van der Waals surface area contributed by atoms with Gasteiger partial charge in [0.05, 0.1) is 6.04 Å². The van der Waals surface area contributed by atoms with Crippen molar-refractivity contribution in [2.75, 3.05) is 13.6 Å². The third-order valence-corrected chi connectivity index (χ3v) is 3.34. The number of rotatable bonds is 5. The minimum atomic E-state index is -0.533. The molecule has 1 aromatic rings. The fraction of sp³-hybridized carbons (Fsp3) is 0.500. The van der Waals surface area contributed by atoms with Crippen LogP contribution < -0.4 is 16.4 Å². The Morgan fingerprint density at radius 3 is 2.52 bits per heavy atom. The molecule has 0 aliphatic carbocycles. The minimum Gasteiger partial charge on any atom is -0.355 e. The van der Waals surface area contributed by atoms with Gasteiger partial charge in [-0.25, -0.2) is 0 Å². The normalized spacial score (nSPS) is 12.6. The number of amides is 2. The van der Waals surface area contributed by atoms with E-state index in [0.29, 0.717) is 18.5 Å². The molecule has 0 aromatic heterocycles. The highest BCUT2D eigenvalue weighted by Gasteiger charge is 2.26. The molecule has 0 radical (unpaired) electrons. The van der Waals surface area contributed by atoms with Crippen molar-refractivity contribution in [2.45, 2.75) is 33.2 Å². The average molecular weight is 291 g/mol. The topological polar surface area (TPSA) is 84.2 Å². The summed E-state index contributed by atoms with van der Waals surface area (Å²) >= 11 is 0. The molecule has 0 spiro atoms. The van der Waals surface area contributed by atoms with Crippen LogP contribution in [0.25, 0.3) is 0 Å². The number of nitrogens with two attached hydrogens (primary N) is 1. The predicted molar refractivity (Wildman–Crippen MR) is 84.0 cm³/mol. The number of carbonyl (C=O) groups is 2. The summed E-state index contributed by atoms with van der Waals surface area (Å²) in [6.07, 6.45) is 0.660. The van der Waals surface area contributed by atoms with Crippen LogP contribution in [0.15, 0.2) is 24.3 Å². The van der Waals surface area contributed by atoms with Crippen molar-refractivity contribution in [1.82, 2.24) is 10.6 Å². The number of nitrogens with one attached hydrogen (secondary N) is 2. The standard InChI is InChI=1S/C16H25N3O2/c1-16(2,3)13(17)15(21)19-9-8-11-6-5-7-12(10-11)14(20)18-4/h5-7,10,13H,8-9,17H2,1-4H3,(H,18,20)(H,19,21)/t13-/m1/s1. The molecule has 5 heteroatoms. The van der Waals surface area contributed by atoms with E-state index in [1.165, 1.54) is 0 Å². The summed E-state index contributed by atoms with van der Waals surface area (Å²) in [6.45, 7) is 6.30. The van der Waals surface area contributed by atoms with E-state index in [2.05, 4.69) is 10.6 Å². The third kappa shape index (κ3) is 5.19. The first-order chi connectivity index (χ1) is 9.75. The fourth-order valence-corrected chi connectivity index (χ4v) is 1.85. The molecule has 2 amide bonds. The van der Waals surface area contributed by atoms with Crippen LogP contribution in [0.3, 0.4) is 0 Å². The van der Waals surface area contributed by atoms with Gasteiger partial charge in [-0.1, -0.05) is 32.9 Å². The molecule has 0 heterocycles. The quantitative estimate of drug-likeness (QED) is 0.759. The van der Waals surface area contributed by atoms with Gasteiger partial charge in [0.15, 0.2) is 0 Å². The first-order valence-electron chi connectivity index (χ1n) is 7.10. The second kappa shape index (κ2) is 7.22. The van der Waals surface area contributed by atoms with Gasteiger partial charge in [-0.2, -0.15) is 0 Å². The van der Waals surface area contributed by atoms with E-state index < -0.39 is 6.04 Å². The van der Waals surface area contributed by atoms with Gasteiger partial charge in [0.25, 0.3) is 5.91 Å². The van der Waals surface area contributed by atoms with Gasteiger partial charge in [-0.15, -0.1) is 0 Å². The maximum atomic E-state index is 11.9. The van der Waals surface area contributed by atoms with Gasteiger partial charge in [-0.05, 0) is 29.5 Å². The van der Waals surface area contributed by atoms with E-state index >= 15 is 0 Å². The Hall–Kier alpha value is -1.88. The zero-order valence-electron chi connectivity index (χ0n) is 13.2. The van der Waals surface area contributed by atoms with Gasteiger partial charge < -0.3 is 16.4 Å². The summed E-state index contributed by atoms with van der Waals surface area (Å²) in [4.78, 5) is 23.5. The second-order valence-corrected chi connectivity index (χ2v) is 6.16. The maximum Gasteiger partial charge on any atom is 0.251 e. The molecule has 0 saturated heterocycles. The molecule has 0 saturated carbocycles. The van der Waals surface area contributed by atoms with Crippen LogP contribution in [0.5, 0.6) is 0 Å². The number of hydrogen-bond donors (Lipinski definition) is 3. The van der Waals surface area contributed by atoms with Crippen molar-refractivity contribution in [3.63, 3.8) is 0 Å². The molecule has 21 heavy (non-hydrogen) atoms. The lowest BCUT2D eigenvalue weighted by Gasteiger charge is -2.25. The molecule has 1 rings (SSSR count). The average Bonchev–Trinajstić information content (AvgIpc) is 2.44. The second-order valence-electron chi connectivity index (χ2n) is 6.16. The summed E-state index contributed by atoms with van der Waals surface area (Å²) in [5, 5.41) is 5.42. The van der Waals surface area contributed by atoms with E-state index in [0.717, 1.165) is 5.56 Å². The Labute approximate surface area is 126 Å². The molecule has 4 N–H and O–H groups in total. The van der Waals surface area contributed by atoms with E-state index in [1.54, 1.807) is 13.1 Å². The summed E-state index contributed by atoms with van der Waals surface area (Å²) in [6, 6.07) is 6.82. The zero-order chi connectivity index (χ0) is 16.0. The van der Waals surface area contributed by atoms with E-state index in [-0.39, 0.29) is 17.2 Å². The fourth-order valence-electron chi connectivity index (χ4n) is 1.85. The van der Waals surface area contributed by atoms with Gasteiger partial charge in [0.1, 0.15) is 0 Å². The number of carbonyl (C=O) groups excluding carboxylic acids is 2. The maximum absolute atomic E-state index is 11.9. The number of hydrogen-bond acceptors (Lipinski definition) is 3. The smallest absolute Gasteiger partial charge is 0.251 e. The Morgan fingerprint density at radius 2 is 1.95 bits per heavy atom. The van der Waals surface area contributed by atoms with Crippen LogP contribution in [0.1, 0.15) is 36.7 Å². The Kier molecular flexibility index (Phi) is 5.90. The van der Waals surface area contributed by atoms with Gasteiger partial charge in [0, 0.05) is 19.2 Å². The lowest BCUT2D eigenvalue weighted by atomic mass is 9.87. The SMILES string of the molecule is CNC(=O)c1cccc(CCNC(=O)[C@@H](N)C(C)(C)C)c1. The first kappa shape index (κ1) is 17.2. The highest BCUT2D eigenvalue weighted by Crippen LogP contribution is 2.17. The Bertz CT molecular complexity index is 506. The molecule has 1 atom stereocenters. The highest BCUT2D eigenvalue weighted by atomic mass is 16.2. The van der Waals surface area contributed by atoms with E-state index in [1.807, 2.05) is 39.0 Å². The molecule has 0 aliphatic heterocycles. The molecule has 0 bridgehead atoms. The molecule has 5 nitrogen and oxygen atoms in total. The van der Waals surface area contributed by atoms with Gasteiger partial charge in [-0.3, -0.25) is 9.59 Å².